The molecule has 4 rings (SSSR count). The van der Waals surface area contributed by atoms with Crippen LogP contribution < -0.4 is 0 Å². The second-order valence-electron chi connectivity index (χ2n) is 10.2. The highest BCUT2D eigenvalue weighted by atomic mass is 19.2. The van der Waals surface area contributed by atoms with Gasteiger partial charge in [0.1, 0.15) is 5.82 Å². The van der Waals surface area contributed by atoms with Crippen molar-refractivity contribution in [2.24, 2.45) is 5.92 Å². The number of allylic oxidation sites excluding steroid dienone is 1. The third-order valence-electron chi connectivity index (χ3n) is 7.56. The lowest BCUT2D eigenvalue weighted by Gasteiger charge is -2.27. The maximum Gasteiger partial charge on any atom is 0.167 e. The first kappa shape index (κ1) is 26.3. The minimum Gasteiger partial charge on any atom is -0.207 e. The first-order valence-corrected chi connectivity index (χ1v) is 13.5. The van der Waals surface area contributed by atoms with E-state index in [9.17, 15) is 13.2 Å². The molecule has 0 spiro atoms. The Labute approximate surface area is 214 Å². The first-order valence-electron chi connectivity index (χ1n) is 13.5. The minimum absolute atomic E-state index is 0.0831. The molecule has 1 fully saturated rings. The highest BCUT2D eigenvalue weighted by Gasteiger charge is 2.23. The van der Waals surface area contributed by atoms with E-state index in [1.54, 1.807) is 24.3 Å². The Balaban J connectivity index is 1.38. The van der Waals surface area contributed by atoms with Gasteiger partial charge >= 0.3 is 0 Å². The van der Waals surface area contributed by atoms with Crippen LogP contribution in [0.5, 0.6) is 0 Å². The number of halogens is 3. The summed E-state index contributed by atoms with van der Waals surface area (Å²) in [7, 11) is 0. The van der Waals surface area contributed by atoms with Crippen molar-refractivity contribution in [3.8, 4) is 11.1 Å². The van der Waals surface area contributed by atoms with Gasteiger partial charge < -0.3 is 0 Å². The van der Waals surface area contributed by atoms with E-state index in [-0.39, 0.29) is 22.9 Å². The van der Waals surface area contributed by atoms with E-state index in [4.69, 9.17) is 0 Å². The fourth-order valence-electron chi connectivity index (χ4n) is 5.36. The van der Waals surface area contributed by atoms with Crippen LogP contribution in [-0.2, 0) is 12.8 Å². The van der Waals surface area contributed by atoms with Crippen molar-refractivity contribution < 1.29 is 13.2 Å². The van der Waals surface area contributed by atoms with E-state index in [1.807, 2.05) is 36.4 Å². The Morgan fingerprint density at radius 3 is 2.14 bits per heavy atom. The normalized spacial score (nSPS) is 18.1. The van der Waals surface area contributed by atoms with Crippen LogP contribution in [0.4, 0.5) is 13.2 Å². The molecule has 0 heterocycles. The Morgan fingerprint density at radius 2 is 1.47 bits per heavy atom. The molecule has 0 bridgehead atoms. The summed E-state index contributed by atoms with van der Waals surface area (Å²) in [6, 6.07) is 16.7. The molecule has 0 radical (unpaired) electrons. The first-order chi connectivity index (χ1) is 17.5. The van der Waals surface area contributed by atoms with Crippen LogP contribution in [-0.4, -0.2) is 0 Å². The molecule has 3 aromatic rings. The number of rotatable bonds is 9. The van der Waals surface area contributed by atoms with Crippen molar-refractivity contribution in [1.29, 1.82) is 0 Å². The van der Waals surface area contributed by atoms with Gasteiger partial charge in [-0.2, -0.15) is 0 Å². The molecule has 0 atom stereocenters. The van der Waals surface area contributed by atoms with Gasteiger partial charge in [0.25, 0.3) is 0 Å². The summed E-state index contributed by atoms with van der Waals surface area (Å²) >= 11 is 0. The minimum atomic E-state index is -0.805. The van der Waals surface area contributed by atoms with Crippen molar-refractivity contribution in [2.75, 3.05) is 0 Å². The molecule has 0 N–H and O–H groups in total. The molecule has 0 aromatic heterocycles. The standard InChI is InChI=1S/C33H37F3/c1-3-5-7-25-13-20-29(31(34)22-25)26-14-10-24(11-15-26)12-18-28-19-21-30(33(36)32(28)35)27-16-8-23(6-4-2)9-17-27/h8-9,12-13,16-22,24,26H,3-7,10-11,14-15H2,1-2H3. The lowest BCUT2D eigenvalue weighted by atomic mass is 9.78. The number of benzene rings is 3. The van der Waals surface area contributed by atoms with Gasteiger partial charge in [-0.25, -0.2) is 13.2 Å². The second-order valence-corrected chi connectivity index (χ2v) is 10.2. The molecule has 0 saturated heterocycles. The van der Waals surface area contributed by atoms with Crippen LogP contribution in [0.15, 0.2) is 60.7 Å². The quantitative estimate of drug-likeness (QED) is 0.280. The largest absolute Gasteiger partial charge is 0.207 e. The number of unbranched alkanes of at least 4 members (excludes halogenated alkanes) is 1. The van der Waals surface area contributed by atoms with E-state index in [0.717, 1.165) is 68.9 Å². The van der Waals surface area contributed by atoms with E-state index < -0.39 is 11.6 Å². The molecule has 0 aliphatic heterocycles. The summed E-state index contributed by atoms with van der Waals surface area (Å²) in [5, 5.41) is 0. The molecular weight excluding hydrogens is 453 g/mol. The van der Waals surface area contributed by atoms with E-state index in [1.165, 1.54) is 5.56 Å². The zero-order chi connectivity index (χ0) is 25.5. The fourth-order valence-corrected chi connectivity index (χ4v) is 5.36. The predicted octanol–water partition coefficient (Wildman–Crippen LogP) is 10.1. The van der Waals surface area contributed by atoms with Crippen LogP contribution >= 0.6 is 0 Å². The summed E-state index contributed by atoms with van der Waals surface area (Å²) in [6.07, 6.45) is 12.5. The zero-order valence-electron chi connectivity index (χ0n) is 21.5. The monoisotopic (exact) mass is 490 g/mol. The highest BCUT2D eigenvalue weighted by molar-refractivity contribution is 5.67. The average Bonchev–Trinajstić information content (AvgIpc) is 2.90. The average molecular weight is 491 g/mol. The predicted molar refractivity (Wildman–Crippen MR) is 145 cm³/mol. The molecule has 1 saturated carbocycles. The molecule has 190 valence electrons. The maximum atomic E-state index is 14.9. The lowest BCUT2D eigenvalue weighted by molar-refractivity contribution is 0.369. The highest BCUT2D eigenvalue weighted by Crippen LogP contribution is 2.38. The van der Waals surface area contributed by atoms with Crippen LogP contribution in [0, 0.1) is 23.4 Å². The molecule has 0 nitrogen and oxygen atoms in total. The Kier molecular flexibility index (Phi) is 9.07. The molecular formula is C33H37F3. The zero-order valence-corrected chi connectivity index (χ0v) is 21.5. The van der Waals surface area contributed by atoms with E-state index in [0.29, 0.717) is 11.5 Å². The summed E-state index contributed by atoms with van der Waals surface area (Å²) < 4.78 is 44.5. The smallest absolute Gasteiger partial charge is 0.167 e. The van der Waals surface area contributed by atoms with Crippen molar-refractivity contribution in [3.05, 3.63) is 100 Å². The third-order valence-corrected chi connectivity index (χ3v) is 7.56. The van der Waals surface area contributed by atoms with Crippen LogP contribution in [0.25, 0.3) is 17.2 Å². The molecule has 0 unspecified atom stereocenters. The van der Waals surface area contributed by atoms with Gasteiger partial charge in [0.2, 0.25) is 0 Å². The summed E-state index contributed by atoms with van der Waals surface area (Å²) in [5.74, 6) is -1.17. The van der Waals surface area contributed by atoms with E-state index >= 15 is 0 Å². The maximum absolute atomic E-state index is 14.9. The second kappa shape index (κ2) is 12.4. The fraction of sp³-hybridized carbons (Fsp3) is 0.394. The van der Waals surface area contributed by atoms with Crippen LogP contribution in [0.1, 0.15) is 87.0 Å². The van der Waals surface area contributed by atoms with Crippen LogP contribution in [0.2, 0.25) is 0 Å². The lowest BCUT2D eigenvalue weighted by Crippen LogP contribution is -2.13. The SMILES string of the molecule is CCCCc1ccc(C2CCC(C=Cc3ccc(-c4ccc(CCC)cc4)c(F)c3F)CC2)c(F)c1. The van der Waals surface area contributed by atoms with E-state index in [2.05, 4.69) is 19.9 Å². The van der Waals surface area contributed by atoms with Gasteiger partial charge in [-0.3, -0.25) is 0 Å². The number of hydrogen-bond donors (Lipinski definition) is 0. The van der Waals surface area contributed by atoms with Gasteiger partial charge in [-0.05, 0) is 85.1 Å². The van der Waals surface area contributed by atoms with Crippen molar-refractivity contribution >= 4 is 6.08 Å². The number of aryl methyl sites for hydroxylation is 2. The Hall–Kier alpha value is -2.81. The number of hydrogen-bond acceptors (Lipinski definition) is 0. The summed E-state index contributed by atoms with van der Waals surface area (Å²) in [5.41, 5.74) is 4.34. The third kappa shape index (κ3) is 6.30. The van der Waals surface area contributed by atoms with Gasteiger partial charge in [0.15, 0.2) is 11.6 Å². The summed E-state index contributed by atoms with van der Waals surface area (Å²) in [6.45, 7) is 4.26. The molecule has 3 aromatic carbocycles. The van der Waals surface area contributed by atoms with Gasteiger partial charge in [0.05, 0.1) is 0 Å². The Morgan fingerprint density at radius 1 is 0.750 bits per heavy atom. The van der Waals surface area contributed by atoms with Crippen molar-refractivity contribution in [2.45, 2.75) is 77.6 Å². The molecule has 1 aliphatic rings. The summed E-state index contributed by atoms with van der Waals surface area (Å²) in [4.78, 5) is 0. The van der Waals surface area contributed by atoms with Gasteiger partial charge in [0, 0.05) is 11.1 Å². The Bertz CT molecular complexity index is 1170. The molecule has 3 heteroatoms. The van der Waals surface area contributed by atoms with Crippen LogP contribution in [0.3, 0.4) is 0 Å². The molecule has 36 heavy (non-hydrogen) atoms. The van der Waals surface area contributed by atoms with Gasteiger partial charge in [-0.15, -0.1) is 0 Å². The topological polar surface area (TPSA) is 0 Å². The molecule has 0 amide bonds. The van der Waals surface area contributed by atoms with Gasteiger partial charge in [-0.1, -0.05) is 87.4 Å². The van der Waals surface area contributed by atoms with Crippen molar-refractivity contribution in [1.82, 2.24) is 0 Å². The molecule has 1 aliphatic carbocycles. The van der Waals surface area contributed by atoms with Crippen molar-refractivity contribution in [3.63, 3.8) is 0 Å².